The minimum Gasteiger partial charge on any atom is -0.491 e. The molecular formula is C71H110N2O. The lowest BCUT2D eigenvalue weighted by molar-refractivity contribution is -0.0997. The van der Waals surface area contributed by atoms with Gasteiger partial charge in [-0.15, -0.1) is 6.58 Å². The molecule has 1 saturated heterocycles. The van der Waals surface area contributed by atoms with Crippen LogP contribution in [0.5, 0.6) is 0 Å². The Morgan fingerprint density at radius 2 is 1.18 bits per heavy atom. The van der Waals surface area contributed by atoms with Crippen LogP contribution in [0.2, 0.25) is 0 Å². The highest BCUT2D eigenvalue weighted by Gasteiger charge is 2.68. The first kappa shape index (κ1) is 50.7. The molecule has 410 valence electrons. The maximum atomic E-state index is 6.98. The zero-order chi connectivity index (χ0) is 49.2. The Balaban J connectivity index is 0.758. The molecule has 16 unspecified atom stereocenters. The first-order chi connectivity index (χ1) is 36.6. The van der Waals surface area contributed by atoms with Crippen LogP contribution in [0.25, 0.3) is 0 Å². The molecule has 0 aromatic heterocycles. The average Bonchev–Trinajstić information content (AvgIpc) is 3.96. The van der Waals surface area contributed by atoms with Crippen LogP contribution in [0, 0.1) is 88.3 Å². The standard InChI is InChI=1S/C71H110N2O/c1-2-48-30-40-57(41-31-48)74-58-42-35-53(36-43-58)71(65-27-14-18-50-16-6-8-22-59(50)65)66-26-12-10-24-61(66)62-44-39-56(47-67(62)71)72(68-29-15-19-51-17-7-9-23-60(51)68)55-37-32-49(33-38-55)52-34-45-70-64(46-52)63-25-11-13-28-69(63)73(70)54-20-4-3-5-21-54/h2,35,42-43,48-57,59,61-67,69-70H,1,3-34,36-41,44-47H2. The Kier molecular flexibility index (Phi) is 15.2. The molecule has 1 aliphatic heterocycles. The van der Waals surface area contributed by atoms with Crippen molar-refractivity contribution in [2.45, 2.75) is 306 Å². The van der Waals surface area contributed by atoms with Crippen molar-refractivity contribution in [3.8, 4) is 0 Å². The summed E-state index contributed by atoms with van der Waals surface area (Å²) in [5, 5.41) is 0. The van der Waals surface area contributed by atoms with E-state index in [1.807, 2.05) is 11.3 Å². The van der Waals surface area contributed by atoms with Gasteiger partial charge in [-0.2, -0.15) is 0 Å². The fourth-order valence-corrected chi connectivity index (χ4v) is 24.7. The lowest BCUT2D eigenvalue weighted by atomic mass is 9.45. The Bertz CT molecular complexity index is 2010. The van der Waals surface area contributed by atoms with E-state index in [-0.39, 0.29) is 0 Å². The normalized spacial score (nSPS) is 48.0. The van der Waals surface area contributed by atoms with Crippen molar-refractivity contribution in [1.29, 1.82) is 0 Å². The smallest absolute Gasteiger partial charge is 0.115 e. The summed E-state index contributed by atoms with van der Waals surface area (Å²) in [6, 6.07) is 4.41. The highest BCUT2D eigenvalue weighted by atomic mass is 16.5. The third kappa shape index (κ3) is 9.20. The van der Waals surface area contributed by atoms with Crippen LogP contribution >= 0.6 is 0 Å². The lowest BCUT2D eigenvalue weighted by Crippen LogP contribution is -2.55. The first-order valence-corrected chi connectivity index (χ1v) is 34.6. The second-order valence-corrected chi connectivity index (χ2v) is 30.1. The Morgan fingerprint density at radius 1 is 0.500 bits per heavy atom. The van der Waals surface area contributed by atoms with Crippen LogP contribution in [0.3, 0.4) is 0 Å². The Labute approximate surface area is 454 Å². The Morgan fingerprint density at radius 3 is 2.01 bits per heavy atom. The van der Waals surface area contributed by atoms with Gasteiger partial charge in [0, 0.05) is 35.9 Å². The highest BCUT2D eigenvalue weighted by molar-refractivity contribution is 5.28. The van der Waals surface area contributed by atoms with Crippen molar-refractivity contribution in [3.05, 3.63) is 47.9 Å². The molecule has 0 bridgehead atoms. The van der Waals surface area contributed by atoms with E-state index in [1.54, 1.807) is 89.9 Å². The zero-order valence-corrected chi connectivity index (χ0v) is 47.6. The molecule has 14 aliphatic rings. The molecule has 11 saturated carbocycles. The van der Waals surface area contributed by atoms with E-state index >= 15 is 0 Å². The number of hydrogen-bond acceptors (Lipinski definition) is 3. The van der Waals surface area contributed by atoms with Gasteiger partial charge >= 0.3 is 0 Å². The molecule has 0 N–H and O–H groups in total. The van der Waals surface area contributed by atoms with Crippen LogP contribution < -0.4 is 0 Å². The maximum Gasteiger partial charge on any atom is 0.115 e. The largest absolute Gasteiger partial charge is 0.491 e. The van der Waals surface area contributed by atoms with Crippen LogP contribution in [0.4, 0.5) is 0 Å². The number of likely N-dealkylation sites (tertiary alicyclic amines) is 1. The number of allylic oxidation sites excluding steroid dienone is 6. The average molecular weight is 1010 g/mol. The number of ether oxygens (including phenoxy) is 1. The highest BCUT2D eigenvalue weighted by Crippen LogP contribution is 2.73. The molecule has 1 heterocycles. The van der Waals surface area contributed by atoms with Gasteiger partial charge in [-0.1, -0.05) is 95.6 Å². The number of rotatable bonds is 10. The fourth-order valence-electron chi connectivity index (χ4n) is 24.7. The van der Waals surface area contributed by atoms with Crippen LogP contribution in [0.15, 0.2) is 47.9 Å². The first-order valence-electron chi connectivity index (χ1n) is 34.6. The van der Waals surface area contributed by atoms with Crippen LogP contribution in [-0.2, 0) is 4.74 Å². The molecule has 3 heteroatoms. The summed E-state index contributed by atoms with van der Waals surface area (Å²) in [6.45, 7) is 4.16. The molecule has 0 aromatic rings. The van der Waals surface area contributed by atoms with Crippen molar-refractivity contribution in [2.75, 3.05) is 0 Å². The SMILES string of the molecule is C=CC1CCC(OC2=CCC(C3(C4CCCC5CCCCC54)C4CCCCC4C4CCC(N(C5=C6CCCCC6CCC5)C5CCC(C6CCC7C(C6)C6CCCCC6N7C6CCCCC6)CC5)CC43)C=C2)CC1. The van der Waals surface area contributed by atoms with E-state index in [0.29, 0.717) is 23.4 Å². The second-order valence-electron chi connectivity index (χ2n) is 30.1. The van der Waals surface area contributed by atoms with Crippen molar-refractivity contribution in [3.63, 3.8) is 0 Å². The molecule has 0 aromatic carbocycles. The number of hydrogen-bond donors (Lipinski definition) is 0. The van der Waals surface area contributed by atoms with Gasteiger partial charge in [-0.25, -0.2) is 0 Å². The summed E-state index contributed by atoms with van der Waals surface area (Å²) < 4.78 is 6.98. The quantitative estimate of drug-likeness (QED) is 0.203. The third-order valence-electron chi connectivity index (χ3n) is 27.4. The van der Waals surface area contributed by atoms with Gasteiger partial charge in [0.15, 0.2) is 0 Å². The molecule has 16 atom stereocenters. The monoisotopic (exact) mass is 1010 g/mol. The van der Waals surface area contributed by atoms with Gasteiger partial charge in [0.25, 0.3) is 0 Å². The molecule has 3 nitrogen and oxygen atoms in total. The Hall–Kier alpha value is -1.48. The topological polar surface area (TPSA) is 15.7 Å². The van der Waals surface area contributed by atoms with Crippen molar-refractivity contribution < 1.29 is 4.74 Å². The van der Waals surface area contributed by atoms with Crippen molar-refractivity contribution >= 4 is 0 Å². The van der Waals surface area contributed by atoms with Gasteiger partial charge < -0.3 is 9.64 Å². The summed E-state index contributed by atoms with van der Waals surface area (Å²) in [4.78, 5) is 6.73. The molecule has 0 spiro atoms. The van der Waals surface area contributed by atoms with Gasteiger partial charge in [-0.05, 0) is 292 Å². The zero-order valence-electron chi connectivity index (χ0n) is 47.6. The van der Waals surface area contributed by atoms with Gasteiger partial charge in [0.05, 0.1) is 6.10 Å². The van der Waals surface area contributed by atoms with Gasteiger partial charge in [-0.3, -0.25) is 4.90 Å². The summed E-state index contributed by atoms with van der Waals surface area (Å²) in [6.07, 6.45) is 73.3. The van der Waals surface area contributed by atoms with E-state index < -0.39 is 0 Å². The summed E-state index contributed by atoms with van der Waals surface area (Å²) in [5.41, 5.74) is 4.48. The molecule has 13 aliphatic carbocycles. The van der Waals surface area contributed by atoms with E-state index in [9.17, 15) is 0 Å². The van der Waals surface area contributed by atoms with Crippen molar-refractivity contribution in [1.82, 2.24) is 9.80 Å². The summed E-state index contributed by atoms with van der Waals surface area (Å²) in [5.74, 6) is 14.4. The van der Waals surface area contributed by atoms with E-state index in [2.05, 4.69) is 40.7 Å². The minimum atomic E-state index is 0.398. The molecule has 0 amide bonds. The minimum absolute atomic E-state index is 0.398. The molecule has 14 rings (SSSR count). The van der Waals surface area contributed by atoms with Crippen molar-refractivity contribution in [2.24, 2.45) is 88.3 Å². The fraction of sp³-hybridized carbons (Fsp3) is 0.887. The van der Waals surface area contributed by atoms with E-state index in [4.69, 9.17) is 4.74 Å². The molecule has 74 heavy (non-hydrogen) atoms. The van der Waals surface area contributed by atoms with Crippen LogP contribution in [-0.4, -0.2) is 46.1 Å². The number of nitrogens with zero attached hydrogens (tertiary/aromatic N) is 2. The summed E-state index contributed by atoms with van der Waals surface area (Å²) in [7, 11) is 0. The van der Waals surface area contributed by atoms with Gasteiger partial charge in [0.2, 0.25) is 0 Å². The third-order valence-corrected chi connectivity index (χ3v) is 27.4. The van der Waals surface area contributed by atoms with Crippen LogP contribution in [0.1, 0.15) is 270 Å². The lowest BCUT2D eigenvalue weighted by Gasteiger charge is -2.60. The predicted octanol–water partition coefficient (Wildman–Crippen LogP) is 18.9. The van der Waals surface area contributed by atoms with E-state index in [0.717, 1.165) is 101 Å². The molecule has 12 fully saturated rings. The maximum absolute atomic E-state index is 6.98. The van der Waals surface area contributed by atoms with E-state index in [1.165, 1.54) is 186 Å². The summed E-state index contributed by atoms with van der Waals surface area (Å²) >= 11 is 0. The molecule has 0 radical (unpaired) electrons. The number of fused-ring (bicyclic) bond motifs is 8. The second kappa shape index (κ2) is 22.2. The predicted molar refractivity (Wildman–Crippen MR) is 307 cm³/mol. The molecular weight excluding hydrogens is 897 g/mol. The van der Waals surface area contributed by atoms with Gasteiger partial charge in [0.1, 0.15) is 5.76 Å².